The lowest BCUT2D eigenvalue weighted by atomic mass is 9.79. The van der Waals surface area contributed by atoms with Crippen LogP contribution in [0.3, 0.4) is 0 Å². The summed E-state index contributed by atoms with van der Waals surface area (Å²) in [6.07, 6.45) is 3.58. The SMILES string of the molecule is CN1CC2Nc3ccccc3CC1CC2Cc1cccc(Br)c1. The van der Waals surface area contributed by atoms with Crippen LogP contribution in [0.15, 0.2) is 53.0 Å². The number of hydrogen-bond acceptors (Lipinski definition) is 2. The van der Waals surface area contributed by atoms with Crippen LogP contribution >= 0.6 is 15.9 Å². The van der Waals surface area contributed by atoms with E-state index in [2.05, 4.69) is 81.7 Å². The topological polar surface area (TPSA) is 15.3 Å². The maximum absolute atomic E-state index is 3.85. The smallest absolute Gasteiger partial charge is 0.0420 e. The minimum Gasteiger partial charge on any atom is -0.381 e. The summed E-state index contributed by atoms with van der Waals surface area (Å²) in [6.45, 7) is 1.14. The van der Waals surface area contributed by atoms with Crippen molar-refractivity contribution in [2.45, 2.75) is 31.3 Å². The largest absolute Gasteiger partial charge is 0.381 e. The second-order valence-corrected chi connectivity index (χ2v) is 7.95. The van der Waals surface area contributed by atoms with Gasteiger partial charge in [-0.15, -0.1) is 0 Å². The zero-order chi connectivity index (χ0) is 15.8. The molecule has 3 heteroatoms. The van der Waals surface area contributed by atoms with Crippen molar-refractivity contribution in [1.29, 1.82) is 0 Å². The number of hydrogen-bond donors (Lipinski definition) is 1. The molecule has 3 aliphatic heterocycles. The highest BCUT2D eigenvalue weighted by Crippen LogP contribution is 2.34. The van der Waals surface area contributed by atoms with Crippen LogP contribution in [-0.2, 0) is 12.8 Å². The minimum atomic E-state index is 0.525. The molecule has 3 atom stereocenters. The molecule has 2 nitrogen and oxygen atoms in total. The molecule has 0 aliphatic carbocycles. The molecule has 5 rings (SSSR count). The number of rotatable bonds is 2. The molecule has 1 saturated heterocycles. The number of anilines is 1. The van der Waals surface area contributed by atoms with Crippen molar-refractivity contribution >= 4 is 21.6 Å². The third-order valence-corrected chi connectivity index (χ3v) is 5.95. The van der Waals surface area contributed by atoms with Gasteiger partial charge in [-0.3, -0.25) is 0 Å². The van der Waals surface area contributed by atoms with Gasteiger partial charge >= 0.3 is 0 Å². The summed E-state index contributed by atoms with van der Waals surface area (Å²) in [5.41, 5.74) is 4.25. The number of piperidine rings is 1. The van der Waals surface area contributed by atoms with Crippen molar-refractivity contribution in [2.24, 2.45) is 5.92 Å². The second kappa shape index (κ2) is 6.29. The molecule has 2 aromatic carbocycles. The number of para-hydroxylation sites is 1. The number of nitrogens with zero attached hydrogens (tertiary/aromatic N) is 1. The standard InChI is InChI=1S/C20H23BrN2/c1-23-13-20-16(9-14-5-4-7-17(21)10-14)12-18(23)11-15-6-2-3-8-19(15)22-20/h2-8,10,16,18,20,22H,9,11-13H2,1H3. The van der Waals surface area contributed by atoms with Crippen LogP contribution in [-0.4, -0.2) is 30.6 Å². The number of halogens is 1. The van der Waals surface area contributed by atoms with E-state index in [-0.39, 0.29) is 0 Å². The Bertz CT molecular complexity index is 700. The molecule has 0 spiro atoms. The van der Waals surface area contributed by atoms with Crippen LogP contribution in [0.2, 0.25) is 0 Å². The van der Waals surface area contributed by atoms with Crippen molar-refractivity contribution in [3.05, 3.63) is 64.1 Å². The predicted octanol–water partition coefficient (Wildman–Crippen LogP) is 4.35. The van der Waals surface area contributed by atoms with Gasteiger partial charge in [0.15, 0.2) is 0 Å². The summed E-state index contributed by atoms with van der Waals surface area (Å²) in [5.74, 6) is 0.693. The summed E-state index contributed by atoms with van der Waals surface area (Å²) in [6, 6.07) is 18.8. The number of nitrogens with one attached hydrogen (secondary N) is 1. The molecule has 1 N–H and O–H groups in total. The maximum atomic E-state index is 3.85. The van der Waals surface area contributed by atoms with E-state index in [0.29, 0.717) is 18.0 Å². The molecule has 0 amide bonds. The summed E-state index contributed by atoms with van der Waals surface area (Å²) in [7, 11) is 2.28. The molecule has 23 heavy (non-hydrogen) atoms. The Balaban J connectivity index is 1.61. The molecule has 120 valence electrons. The molecule has 0 radical (unpaired) electrons. The summed E-state index contributed by atoms with van der Waals surface area (Å²) >= 11 is 3.60. The average Bonchev–Trinajstić information content (AvgIpc) is 2.51. The first-order valence-corrected chi connectivity index (χ1v) is 9.27. The van der Waals surface area contributed by atoms with Crippen molar-refractivity contribution in [1.82, 2.24) is 4.90 Å². The normalized spacial score (nSPS) is 27.0. The van der Waals surface area contributed by atoms with Crippen LogP contribution in [0.4, 0.5) is 5.69 Å². The Morgan fingerprint density at radius 3 is 2.91 bits per heavy atom. The highest BCUT2D eigenvalue weighted by molar-refractivity contribution is 9.10. The fraction of sp³-hybridized carbons (Fsp3) is 0.400. The Kier molecular flexibility index (Phi) is 4.16. The highest BCUT2D eigenvalue weighted by atomic mass is 79.9. The van der Waals surface area contributed by atoms with E-state index in [1.165, 1.54) is 27.7 Å². The van der Waals surface area contributed by atoms with Gasteiger partial charge in [0.1, 0.15) is 0 Å². The first kappa shape index (κ1) is 15.2. The first-order chi connectivity index (χ1) is 11.2. The summed E-state index contributed by atoms with van der Waals surface area (Å²) < 4.78 is 1.18. The minimum absolute atomic E-state index is 0.525. The molecular formula is C20H23BrN2. The fourth-order valence-electron chi connectivity index (χ4n) is 4.19. The first-order valence-electron chi connectivity index (χ1n) is 8.48. The van der Waals surface area contributed by atoms with Crippen molar-refractivity contribution in [3.63, 3.8) is 0 Å². The van der Waals surface area contributed by atoms with Crippen molar-refractivity contribution in [3.8, 4) is 0 Å². The Morgan fingerprint density at radius 1 is 1.17 bits per heavy atom. The zero-order valence-electron chi connectivity index (χ0n) is 13.5. The number of fused-ring (bicyclic) bond motifs is 2. The second-order valence-electron chi connectivity index (χ2n) is 7.04. The van der Waals surface area contributed by atoms with Crippen LogP contribution in [0.25, 0.3) is 0 Å². The third-order valence-electron chi connectivity index (χ3n) is 5.45. The maximum Gasteiger partial charge on any atom is 0.0420 e. The van der Waals surface area contributed by atoms with Gasteiger partial charge in [-0.1, -0.05) is 46.3 Å². The lowest BCUT2D eigenvalue weighted by molar-refractivity contribution is 0.124. The van der Waals surface area contributed by atoms with E-state index in [1.807, 2.05) is 0 Å². The lowest BCUT2D eigenvalue weighted by Gasteiger charge is -2.46. The molecule has 3 aliphatic rings. The highest BCUT2D eigenvalue weighted by Gasteiger charge is 2.36. The van der Waals surface area contributed by atoms with Gasteiger partial charge < -0.3 is 10.2 Å². The van der Waals surface area contributed by atoms with Crippen molar-refractivity contribution in [2.75, 3.05) is 18.9 Å². The van der Waals surface area contributed by atoms with E-state index in [1.54, 1.807) is 0 Å². The zero-order valence-corrected chi connectivity index (χ0v) is 15.1. The molecule has 2 aromatic rings. The molecule has 3 unspecified atom stereocenters. The summed E-state index contributed by atoms with van der Waals surface area (Å²) in [5, 5.41) is 3.85. The molecular weight excluding hydrogens is 348 g/mol. The van der Waals surface area contributed by atoms with Gasteiger partial charge in [0, 0.05) is 28.8 Å². The summed E-state index contributed by atoms with van der Waals surface area (Å²) in [4.78, 5) is 2.55. The molecule has 3 heterocycles. The van der Waals surface area contributed by atoms with Gasteiger partial charge in [0.05, 0.1) is 0 Å². The van der Waals surface area contributed by atoms with Crippen LogP contribution < -0.4 is 5.32 Å². The van der Waals surface area contributed by atoms with Crippen molar-refractivity contribution < 1.29 is 0 Å². The van der Waals surface area contributed by atoms with E-state index in [4.69, 9.17) is 0 Å². The van der Waals surface area contributed by atoms with Gasteiger partial charge in [0.25, 0.3) is 0 Å². The molecule has 0 aromatic heterocycles. The number of benzene rings is 2. The quantitative estimate of drug-likeness (QED) is 0.845. The van der Waals surface area contributed by atoms with E-state index < -0.39 is 0 Å². The van der Waals surface area contributed by atoms with Crippen LogP contribution in [0.5, 0.6) is 0 Å². The van der Waals surface area contributed by atoms with E-state index in [0.717, 1.165) is 19.4 Å². The fourth-order valence-corrected chi connectivity index (χ4v) is 4.64. The van der Waals surface area contributed by atoms with Gasteiger partial charge in [-0.25, -0.2) is 0 Å². The molecule has 2 bridgehead atoms. The average molecular weight is 371 g/mol. The number of likely N-dealkylation sites (N-methyl/N-ethyl adjacent to an activating group) is 1. The monoisotopic (exact) mass is 370 g/mol. The van der Waals surface area contributed by atoms with Gasteiger partial charge in [0.2, 0.25) is 0 Å². The van der Waals surface area contributed by atoms with E-state index in [9.17, 15) is 0 Å². The predicted molar refractivity (Wildman–Crippen MR) is 99.9 cm³/mol. The van der Waals surface area contributed by atoms with Gasteiger partial charge in [-0.05, 0) is 61.6 Å². The van der Waals surface area contributed by atoms with Crippen LogP contribution in [0.1, 0.15) is 17.5 Å². The van der Waals surface area contributed by atoms with Crippen LogP contribution in [0, 0.1) is 5.92 Å². The molecule has 1 fully saturated rings. The third kappa shape index (κ3) is 3.17. The Labute approximate surface area is 147 Å². The molecule has 0 saturated carbocycles. The van der Waals surface area contributed by atoms with Gasteiger partial charge in [-0.2, -0.15) is 0 Å². The Hall–Kier alpha value is -1.32. The van der Waals surface area contributed by atoms with E-state index >= 15 is 0 Å². The Morgan fingerprint density at radius 2 is 2.04 bits per heavy atom. The lowest BCUT2D eigenvalue weighted by Crippen LogP contribution is -2.53.